The van der Waals surface area contributed by atoms with E-state index in [1.54, 1.807) is 25.1 Å². The summed E-state index contributed by atoms with van der Waals surface area (Å²) in [6, 6.07) is 7.08. The number of nitrogens with one attached hydrogen (secondary N) is 1. The standard InChI is InChI=1S/C11H8N4/c1-7-3-10(8(2)15-7)11(6-14)9(4-12)5-13/h3,15H,1-2H3. The van der Waals surface area contributed by atoms with Crippen molar-refractivity contribution in [1.29, 1.82) is 15.8 Å². The molecule has 1 heterocycles. The van der Waals surface area contributed by atoms with Crippen LogP contribution in [0, 0.1) is 47.8 Å². The normalized spacial score (nSPS) is 8.47. The Morgan fingerprint density at radius 3 is 2.07 bits per heavy atom. The van der Waals surface area contributed by atoms with Crippen LogP contribution in [-0.4, -0.2) is 4.98 Å². The number of nitriles is 3. The zero-order chi connectivity index (χ0) is 11.4. The van der Waals surface area contributed by atoms with Crippen LogP contribution in [0.4, 0.5) is 0 Å². The quantitative estimate of drug-likeness (QED) is 0.696. The molecule has 1 aromatic rings. The molecule has 0 amide bonds. The average molecular weight is 196 g/mol. The van der Waals surface area contributed by atoms with Gasteiger partial charge in [-0.2, -0.15) is 15.8 Å². The van der Waals surface area contributed by atoms with Crippen LogP contribution in [-0.2, 0) is 0 Å². The molecule has 1 N–H and O–H groups in total. The first kappa shape index (κ1) is 10.6. The molecule has 0 aromatic carbocycles. The number of hydrogen-bond acceptors (Lipinski definition) is 3. The summed E-state index contributed by atoms with van der Waals surface area (Å²) in [6.45, 7) is 3.65. The largest absolute Gasteiger partial charge is 0.362 e. The van der Waals surface area contributed by atoms with Gasteiger partial charge in [0.2, 0.25) is 0 Å². The van der Waals surface area contributed by atoms with E-state index in [2.05, 4.69) is 4.98 Å². The molecule has 0 aliphatic heterocycles. The third-order valence-corrected chi connectivity index (χ3v) is 2.00. The van der Waals surface area contributed by atoms with E-state index in [1.165, 1.54) is 0 Å². The third-order valence-electron chi connectivity index (χ3n) is 2.00. The minimum atomic E-state index is -0.153. The van der Waals surface area contributed by atoms with Crippen LogP contribution in [0.2, 0.25) is 0 Å². The fraction of sp³-hybridized carbons (Fsp3) is 0.182. The number of aromatic nitrogens is 1. The summed E-state index contributed by atoms with van der Waals surface area (Å²) >= 11 is 0. The van der Waals surface area contributed by atoms with Gasteiger partial charge in [-0.15, -0.1) is 0 Å². The Morgan fingerprint density at radius 2 is 1.73 bits per heavy atom. The molecular weight excluding hydrogens is 188 g/mol. The average Bonchev–Trinajstić information content (AvgIpc) is 2.54. The van der Waals surface area contributed by atoms with E-state index in [4.69, 9.17) is 15.8 Å². The molecule has 15 heavy (non-hydrogen) atoms. The third kappa shape index (κ3) is 1.88. The number of hydrogen-bond donors (Lipinski definition) is 1. The first-order valence-electron chi connectivity index (χ1n) is 4.25. The lowest BCUT2D eigenvalue weighted by atomic mass is 10.0. The van der Waals surface area contributed by atoms with Crippen LogP contribution in [0.25, 0.3) is 5.57 Å². The lowest BCUT2D eigenvalue weighted by Crippen LogP contribution is -1.87. The number of rotatable bonds is 1. The summed E-state index contributed by atoms with van der Waals surface area (Å²) in [4.78, 5) is 3.02. The van der Waals surface area contributed by atoms with Gasteiger partial charge < -0.3 is 4.98 Å². The van der Waals surface area contributed by atoms with Crippen molar-refractivity contribution in [1.82, 2.24) is 4.98 Å². The second-order valence-electron chi connectivity index (χ2n) is 3.08. The Bertz CT molecular complexity index is 525. The summed E-state index contributed by atoms with van der Waals surface area (Å²) in [7, 11) is 0. The maximum absolute atomic E-state index is 8.92. The van der Waals surface area contributed by atoms with Gasteiger partial charge in [0, 0.05) is 17.0 Å². The molecule has 4 heteroatoms. The summed E-state index contributed by atoms with van der Waals surface area (Å²) in [5, 5.41) is 26.3. The van der Waals surface area contributed by atoms with E-state index >= 15 is 0 Å². The van der Waals surface area contributed by atoms with Gasteiger partial charge in [-0.3, -0.25) is 0 Å². The van der Waals surface area contributed by atoms with Crippen molar-refractivity contribution >= 4 is 5.57 Å². The Morgan fingerprint density at radius 1 is 1.13 bits per heavy atom. The van der Waals surface area contributed by atoms with Gasteiger partial charge in [0.15, 0.2) is 0 Å². The molecule has 1 rings (SSSR count). The lowest BCUT2D eigenvalue weighted by Gasteiger charge is -1.95. The smallest absolute Gasteiger partial charge is 0.148 e. The van der Waals surface area contributed by atoms with Gasteiger partial charge in [-0.05, 0) is 19.9 Å². The number of nitrogens with zero attached hydrogens (tertiary/aromatic N) is 3. The molecular formula is C11H8N4. The van der Waals surface area contributed by atoms with Gasteiger partial charge in [0.25, 0.3) is 0 Å². The molecule has 4 nitrogen and oxygen atoms in total. The minimum Gasteiger partial charge on any atom is -0.362 e. The van der Waals surface area contributed by atoms with Gasteiger partial charge in [-0.25, -0.2) is 0 Å². The van der Waals surface area contributed by atoms with Crippen molar-refractivity contribution in [3.63, 3.8) is 0 Å². The monoisotopic (exact) mass is 196 g/mol. The Labute approximate surface area is 87.7 Å². The van der Waals surface area contributed by atoms with Crippen molar-refractivity contribution < 1.29 is 0 Å². The fourth-order valence-electron chi connectivity index (χ4n) is 1.37. The second kappa shape index (κ2) is 4.13. The van der Waals surface area contributed by atoms with Gasteiger partial charge in [0.1, 0.15) is 23.8 Å². The molecule has 0 aliphatic carbocycles. The Kier molecular flexibility index (Phi) is 2.91. The molecule has 0 radical (unpaired) electrons. The van der Waals surface area contributed by atoms with Crippen LogP contribution in [0.3, 0.4) is 0 Å². The predicted molar refractivity (Wildman–Crippen MR) is 54.0 cm³/mol. The van der Waals surface area contributed by atoms with Crippen LogP contribution in [0.15, 0.2) is 11.6 Å². The van der Waals surface area contributed by atoms with E-state index in [1.807, 2.05) is 13.0 Å². The van der Waals surface area contributed by atoms with E-state index in [0.29, 0.717) is 5.56 Å². The SMILES string of the molecule is Cc1cc(C(C#N)=C(C#N)C#N)c(C)[nH]1. The van der Waals surface area contributed by atoms with Crippen molar-refractivity contribution in [3.05, 3.63) is 28.6 Å². The lowest BCUT2D eigenvalue weighted by molar-refractivity contribution is 1.18. The molecule has 1 aromatic heterocycles. The van der Waals surface area contributed by atoms with E-state index < -0.39 is 0 Å². The van der Waals surface area contributed by atoms with Crippen molar-refractivity contribution in [2.24, 2.45) is 0 Å². The summed E-state index contributed by atoms with van der Waals surface area (Å²) in [5.41, 5.74) is 2.27. The van der Waals surface area contributed by atoms with E-state index in [-0.39, 0.29) is 11.1 Å². The zero-order valence-electron chi connectivity index (χ0n) is 8.42. The molecule has 0 saturated carbocycles. The molecule has 0 aliphatic rings. The van der Waals surface area contributed by atoms with E-state index in [0.717, 1.165) is 11.4 Å². The number of allylic oxidation sites excluding steroid dienone is 2. The van der Waals surface area contributed by atoms with Crippen molar-refractivity contribution in [3.8, 4) is 18.2 Å². The fourth-order valence-corrected chi connectivity index (χ4v) is 1.37. The summed E-state index contributed by atoms with van der Waals surface area (Å²) < 4.78 is 0. The Hall–Kier alpha value is -2.51. The number of H-pyrrole nitrogens is 1. The molecule has 0 spiro atoms. The van der Waals surface area contributed by atoms with Gasteiger partial charge >= 0.3 is 0 Å². The second-order valence-corrected chi connectivity index (χ2v) is 3.08. The summed E-state index contributed by atoms with van der Waals surface area (Å²) in [6.07, 6.45) is 0. The number of aromatic amines is 1. The number of aryl methyl sites for hydroxylation is 2. The zero-order valence-corrected chi connectivity index (χ0v) is 8.42. The maximum atomic E-state index is 8.92. The van der Waals surface area contributed by atoms with Crippen LogP contribution in [0.1, 0.15) is 17.0 Å². The Balaban J connectivity index is 3.48. The molecule has 0 bridgehead atoms. The highest BCUT2D eigenvalue weighted by Crippen LogP contribution is 2.22. The maximum Gasteiger partial charge on any atom is 0.148 e. The van der Waals surface area contributed by atoms with Crippen LogP contribution < -0.4 is 0 Å². The molecule has 0 atom stereocenters. The summed E-state index contributed by atoms with van der Waals surface area (Å²) in [5.74, 6) is 0. The highest BCUT2D eigenvalue weighted by Gasteiger charge is 2.12. The highest BCUT2D eigenvalue weighted by atomic mass is 14.7. The first-order chi connectivity index (χ1) is 7.13. The van der Waals surface area contributed by atoms with Crippen molar-refractivity contribution in [2.45, 2.75) is 13.8 Å². The topological polar surface area (TPSA) is 87.2 Å². The molecule has 0 saturated heterocycles. The first-order valence-corrected chi connectivity index (χ1v) is 4.25. The van der Waals surface area contributed by atoms with Crippen LogP contribution in [0.5, 0.6) is 0 Å². The van der Waals surface area contributed by atoms with Crippen molar-refractivity contribution in [2.75, 3.05) is 0 Å². The van der Waals surface area contributed by atoms with E-state index in [9.17, 15) is 0 Å². The molecule has 72 valence electrons. The molecule has 0 fully saturated rings. The van der Waals surface area contributed by atoms with Gasteiger partial charge in [-0.1, -0.05) is 0 Å². The minimum absolute atomic E-state index is 0.127. The van der Waals surface area contributed by atoms with Gasteiger partial charge in [0.05, 0.1) is 5.57 Å². The highest BCUT2D eigenvalue weighted by molar-refractivity contribution is 5.85. The van der Waals surface area contributed by atoms with Crippen LogP contribution >= 0.6 is 0 Å². The predicted octanol–water partition coefficient (Wildman–Crippen LogP) is 1.96. The molecule has 0 unspecified atom stereocenters.